The van der Waals surface area contributed by atoms with Crippen LogP contribution < -0.4 is 16.6 Å². The van der Waals surface area contributed by atoms with Gasteiger partial charge in [-0.25, -0.2) is 15.6 Å². The van der Waals surface area contributed by atoms with Gasteiger partial charge in [-0.2, -0.15) is 0 Å². The van der Waals surface area contributed by atoms with Crippen molar-refractivity contribution in [1.29, 1.82) is 0 Å². The number of pyridine rings is 2. The van der Waals surface area contributed by atoms with Crippen LogP contribution in [0.4, 0.5) is 5.69 Å². The number of nitrogen functional groups attached to an aromatic ring is 1. The quantitative estimate of drug-likeness (QED) is 0.0891. The highest BCUT2D eigenvalue weighted by molar-refractivity contribution is 6.06. The zero-order valence-corrected chi connectivity index (χ0v) is 21.7. The van der Waals surface area contributed by atoms with Crippen molar-refractivity contribution >= 4 is 28.5 Å². The fourth-order valence-electron chi connectivity index (χ4n) is 4.27. The first-order valence-electron chi connectivity index (χ1n) is 12.6. The molecule has 5 rings (SSSR count). The predicted molar refractivity (Wildman–Crippen MR) is 156 cm³/mol. The molecule has 0 fully saturated rings. The zero-order valence-electron chi connectivity index (χ0n) is 21.7. The fourth-order valence-corrected chi connectivity index (χ4v) is 4.27. The van der Waals surface area contributed by atoms with E-state index in [9.17, 15) is 19.8 Å². The number of hydrogen-bond acceptors (Lipinski definition) is 7. The predicted octanol–water partition coefficient (Wildman–Crippen LogP) is 4.11. The summed E-state index contributed by atoms with van der Waals surface area (Å²) in [5.41, 5.74) is 7.65. The van der Waals surface area contributed by atoms with Gasteiger partial charge in [0.15, 0.2) is 0 Å². The first kappa shape index (κ1) is 26.9. The molecule has 0 bridgehead atoms. The van der Waals surface area contributed by atoms with Crippen LogP contribution in [0.25, 0.3) is 22.2 Å². The van der Waals surface area contributed by atoms with Crippen molar-refractivity contribution in [3.05, 3.63) is 120 Å². The number of rotatable bonds is 7. The van der Waals surface area contributed by atoms with Crippen LogP contribution in [0.15, 0.2) is 97.3 Å². The highest BCUT2D eigenvalue weighted by atomic mass is 16.4. The molecule has 2 aromatic heterocycles. The second kappa shape index (κ2) is 12.0. The van der Waals surface area contributed by atoms with Gasteiger partial charge < -0.3 is 15.5 Å². The lowest BCUT2D eigenvalue weighted by Crippen LogP contribution is -2.31. The van der Waals surface area contributed by atoms with Crippen molar-refractivity contribution in [2.24, 2.45) is 5.84 Å². The number of benzene rings is 3. The van der Waals surface area contributed by atoms with E-state index in [-0.39, 0.29) is 12.2 Å². The standard InChI is InChI=1S/C32H25N5O4/c33-37-31(39)26-18-29(36-28-15-16-34-19-27(26)28)23-9-3-20(4-10-23)1-2-21-5-11-24(12-6-21)35-30(32(40)41)17-22-7-13-25(38)14-8-22/h3-16,18-19,30,35,38H,17,33H2,(H,37,39)(H,40,41). The summed E-state index contributed by atoms with van der Waals surface area (Å²) in [6.07, 6.45) is 3.47. The van der Waals surface area contributed by atoms with Crippen LogP contribution in [-0.2, 0) is 11.2 Å². The van der Waals surface area contributed by atoms with Crippen LogP contribution in [0.5, 0.6) is 5.75 Å². The lowest BCUT2D eigenvalue weighted by molar-refractivity contribution is -0.137. The molecule has 0 saturated carbocycles. The van der Waals surface area contributed by atoms with Gasteiger partial charge in [0, 0.05) is 46.6 Å². The Bertz CT molecular complexity index is 1770. The molecule has 9 nitrogen and oxygen atoms in total. The molecule has 0 aliphatic carbocycles. The summed E-state index contributed by atoms with van der Waals surface area (Å²) in [5, 5.41) is 22.7. The minimum atomic E-state index is -0.972. The lowest BCUT2D eigenvalue weighted by atomic mass is 10.0. The Morgan fingerprint density at radius 1 is 0.902 bits per heavy atom. The number of phenolic OH excluding ortho intramolecular Hbond substituents is 1. The van der Waals surface area contributed by atoms with Gasteiger partial charge in [0.1, 0.15) is 11.8 Å². The van der Waals surface area contributed by atoms with Gasteiger partial charge in [0.25, 0.3) is 5.91 Å². The number of aromatic hydroxyl groups is 1. The van der Waals surface area contributed by atoms with Gasteiger partial charge in [-0.3, -0.25) is 15.2 Å². The number of hydrazine groups is 1. The third-order valence-corrected chi connectivity index (χ3v) is 6.42. The number of nitrogens with zero attached hydrogens (tertiary/aromatic N) is 2. The van der Waals surface area contributed by atoms with Crippen LogP contribution in [0.3, 0.4) is 0 Å². The smallest absolute Gasteiger partial charge is 0.326 e. The summed E-state index contributed by atoms with van der Waals surface area (Å²) in [5.74, 6) is 10.4. The van der Waals surface area contributed by atoms with E-state index < -0.39 is 17.9 Å². The lowest BCUT2D eigenvalue weighted by Gasteiger charge is -2.16. The largest absolute Gasteiger partial charge is 0.508 e. The maximum absolute atomic E-state index is 12.3. The number of carboxylic acids is 1. The molecule has 0 radical (unpaired) electrons. The Morgan fingerprint density at radius 3 is 2.20 bits per heavy atom. The molecule has 6 N–H and O–H groups in total. The molecule has 41 heavy (non-hydrogen) atoms. The maximum Gasteiger partial charge on any atom is 0.326 e. The number of carbonyl (C=O) groups is 2. The topological polar surface area (TPSA) is 150 Å². The van der Waals surface area contributed by atoms with Gasteiger partial charge in [0.2, 0.25) is 0 Å². The first-order chi connectivity index (χ1) is 19.9. The van der Waals surface area contributed by atoms with Crippen molar-refractivity contribution in [3.8, 4) is 28.8 Å². The van der Waals surface area contributed by atoms with Gasteiger partial charge in [-0.05, 0) is 66.2 Å². The van der Waals surface area contributed by atoms with Gasteiger partial charge in [-0.1, -0.05) is 36.1 Å². The number of fused-ring (bicyclic) bond motifs is 1. The summed E-state index contributed by atoms with van der Waals surface area (Å²) >= 11 is 0. The van der Waals surface area contributed by atoms with Crippen molar-refractivity contribution < 1.29 is 19.8 Å². The number of nitrogens with one attached hydrogen (secondary N) is 2. The molecule has 3 aromatic carbocycles. The minimum absolute atomic E-state index is 0.133. The number of anilines is 1. The molecule has 0 aliphatic rings. The molecule has 0 aliphatic heterocycles. The summed E-state index contributed by atoms with van der Waals surface area (Å²) in [7, 11) is 0. The molecule has 1 amide bonds. The minimum Gasteiger partial charge on any atom is -0.508 e. The van der Waals surface area contributed by atoms with Gasteiger partial charge in [0.05, 0.1) is 16.8 Å². The third kappa shape index (κ3) is 6.47. The summed E-state index contributed by atoms with van der Waals surface area (Å²) in [6.45, 7) is 0. The molecular formula is C32H25N5O4. The summed E-state index contributed by atoms with van der Waals surface area (Å²) < 4.78 is 0. The molecule has 0 saturated heterocycles. The number of phenols is 1. The van der Waals surface area contributed by atoms with Crippen LogP contribution in [0, 0.1) is 11.8 Å². The monoisotopic (exact) mass is 543 g/mol. The van der Waals surface area contributed by atoms with E-state index in [1.165, 1.54) is 12.1 Å². The SMILES string of the molecule is NNC(=O)c1cc(-c2ccc(C#Cc3ccc(NC(Cc4ccc(O)cc4)C(=O)O)cc3)cc2)nc2ccncc12. The van der Waals surface area contributed by atoms with Crippen molar-refractivity contribution in [1.82, 2.24) is 15.4 Å². The van der Waals surface area contributed by atoms with Crippen molar-refractivity contribution in [2.75, 3.05) is 5.32 Å². The Hall–Kier alpha value is -5.72. The Balaban J connectivity index is 1.28. The van der Waals surface area contributed by atoms with E-state index >= 15 is 0 Å². The van der Waals surface area contributed by atoms with E-state index in [0.29, 0.717) is 27.8 Å². The number of nitrogens with two attached hydrogens (primary N) is 1. The van der Waals surface area contributed by atoms with Crippen LogP contribution in [0.2, 0.25) is 0 Å². The van der Waals surface area contributed by atoms with E-state index in [4.69, 9.17) is 5.84 Å². The van der Waals surface area contributed by atoms with E-state index in [2.05, 4.69) is 32.6 Å². The molecular weight excluding hydrogens is 518 g/mol. The number of carbonyl (C=O) groups excluding carboxylic acids is 1. The van der Waals surface area contributed by atoms with Crippen molar-refractivity contribution in [3.63, 3.8) is 0 Å². The van der Waals surface area contributed by atoms with E-state index in [1.807, 2.05) is 36.4 Å². The average molecular weight is 544 g/mol. The number of hydrogen-bond donors (Lipinski definition) is 5. The first-order valence-corrected chi connectivity index (χ1v) is 12.6. The number of carboxylic acid groups (broad SMARTS) is 1. The van der Waals surface area contributed by atoms with Crippen LogP contribution >= 0.6 is 0 Å². The molecule has 2 heterocycles. The highest BCUT2D eigenvalue weighted by Crippen LogP contribution is 2.25. The highest BCUT2D eigenvalue weighted by Gasteiger charge is 2.18. The normalized spacial score (nSPS) is 11.2. The molecule has 9 heteroatoms. The average Bonchev–Trinajstić information content (AvgIpc) is 3.00. The zero-order chi connectivity index (χ0) is 28.8. The summed E-state index contributed by atoms with van der Waals surface area (Å²) in [6, 6.07) is 23.8. The van der Waals surface area contributed by atoms with Crippen LogP contribution in [-0.4, -0.2) is 38.1 Å². The number of amides is 1. The molecule has 202 valence electrons. The number of aliphatic carboxylic acids is 1. The molecule has 5 aromatic rings. The fraction of sp³-hybridized carbons (Fsp3) is 0.0625. The number of aromatic nitrogens is 2. The Kier molecular flexibility index (Phi) is 7.86. The molecule has 1 atom stereocenters. The van der Waals surface area contributed by atoms with E-state index in [1.54, 1.807) is 48.8 Å². The van der Waals surface area contributed by atoms with E-state index in [0.717, 1.165) is 22.3 Å². The Morgan fingerprint density at radius 2 is 1.56 bits per heavy atom. The van der Waals surface area contributed by atoms with Crippen LogP contribution in [0.1, 0.15) is 27.0 Å². The maximum atomic E-state index is 12.3. The van der Waals surface area contributed by atoms with Gasteiger partial charge >= 0.3 is 5.97 Å². The molecule has 0 spiro atoms. The summed E-state index contributed by atoms with van der Waals surface area (Å²) in [4.78, 5) is 32.8. The third-order valence-electron chi connectivity index (χ3n) is 6.42. The Labute approximate surface area is 235 Å². The van der Waals surface area contributed by atoms with Gasteiger partial charge in [-0.15, -0.1) is 0 Å². The van der Waals surface area contributed by atoms with Crippen molar-refractivity contribution in [2.45, 2.75) is 12.5 Å². The molecule has 1 unspecified atom stereocenters. The second-order valence-corrected chi connectivity index (χ2v) is 9.23. The second-order valence-electron chi connectivity index (χ2n) is 9.23.